The van der Waals surface area contributed by atoms with E-state index in [4.69, 9.17) is 5.11 Å². The predicted octanol–water partition coefficient (Wildman–Crippen LogP) is 0.351. The van der Waals surface area contributed by atoms with Crippen LogP contribution in [0.2, 0.25) is 0 Å². The second kappa shape index (κ2) is 9.56. The molecule has 6 heteroatoms. The molecule has 140 valence electrons. The van der Waals surface area contributed by atoms with Crippen LogP contribution < -0.4 is 0 Å². The summed E-state index contributed by atoms with van der Waals surface area (Å²) in [4.78, 5) is 12.1. The summed E-state index contributed by atoms with van der Waals surface area (Å²) in [7, 11) is 0. The number of allylic oxidation sites excluding steroid dienone is 5. The summed E-state index contributed by atoms with van der Waals surface area (Å²) in [5, 5.41) is 47.2. The SMILES string of the molecule is O=C(CC1=CCC(=Cc2ccccc2)C=C1)[C@H](O)[C@@H](O)[C@H](O)[C@H](O)CO. The topological polar surface area (TPSA) is 118 Å². The molecule has 0 bridgehead atoms. The number of ketones is 1. The first kappa shape index (κ1) is 20.2. The Bertz CT molecular complexity index is 692. The molecule has 0 saturated carbocycles. The van der Waals surface area contributed by atoms with Gasteiger partial charge in [-0.3, -0.25) is 4.79 Å². The number of hydrogen-bond donors (Lipinski definition) is 5. The minimum absolute atomic E-state index is 0.102. The molecule has 0 aliphatic heterocycles. The minimum atomic E-state index is -1.87. The van der Waals surface area contributed by atoms with Gasteiger partial charge in [0.2, 0.25) is 0 Å². The highest BCUT2D eigenvalue weighted by atomic mass is 16.4. The van der Waals surface area contributed by atoms with Crippen LogP contribution in [-0.4, -0.2) is 62.3 Å². The van der Waals surface area contributed by atoms with E-state index in [1.807, 2.05) is 48.6 Å². The highest BCUT2D eigenvalue weighted by molar-refractivity contribution is 5.86. The molecule has 4 atom stereocenters. The Balaban J connectivity index is 1.92. The summed E-state index contributed by atoms with van der Waals surface area (Å²) < 4.78 is 0. The summed E-state index contributed by atoms with van der Waals surface area (Å²) in [5.41, 5.74) is 2.85. The second-order valence-electron chi connectivity index (χ2n) is 6.27. The van der Waals surface area contributed by atoms with Gasteiger partial charge in [-0.2, -0.15) is 0 Å². The molecule has 0 saturated heterocycles. The van der Waals surface area contributed by atoms with Crippen molar-refractivity contribution in [1.82, 2.24) is 0 Å². The van der Waals surface area contributed by atoms with Crippen molar-refractivity contribution in [2.45, 2.75) is 37.3 Å². The molecule has 0 radical (unpaired) electrons. The lowest BCUT2D eigenvalue weighted by Gasteiger charge is -2.25. The average molecular weight is 360 g/mol. The van der Waals surface area contributed by atoms with E-state index in [2.05, 4.69) is 0 Å². The molecule has 2 rings (SSSR count). The van der Waals surface area contributed by atoms with Gasteiger partial charge in [-0.1, -0.05) is 54.6 Å². The standard InChI is InChI=1S/C20H24O6/c21-12-17(23)19(25)20(26)18(24)16(22)11-15-8-6-14(7-9-15)10-13-4-2-1-3-5-13/h1-6,8-10,17-21,23-26H,7,11-12H2/t17-,18+,19-,20-/m1/s1. The Morgan fingerprint density at radius 2 is 1.73 bits per heavy atom. The van der Waals surface area contributed by atoms with Gasteiger partial charge in [-0.05, 0) is 23.1 Å². The van der Waals surface area contributed by atoms with Gasteiger partial charge in [-0.25, -0.2) is 0 Å². The smallest absolute Gasteiger partial charge is 0.168 e. The number of aliphatic hydroxyl groups is 5. The Labute approximate surface area is 152 Å². The van der Waals surface area contributed by atoms with Crippen molar-refractivity contribution in [2.24, 2.45) is 0 Å². The van der Waals surface area contributed by atoms with Gasteiger partial charge < -0.3 is 25.5 Å². The van der Waals surface area contributed by atoms with E-state index in [9.17, 15) is 25.2 Å². The first-order valence-corrected chi connectivity index (χ1v) is 8.41. The number of carbonyl (C=O) groups excluding carboxylic acids is 1. The zero-order valence-electron chi connectivity index (χ0n) is 14.3. The number of Topliss-reactive ketones (excluding diaryl/α,β-unsaturated/α-hetero) is 1. The zero-order valence-corrected chi connectivity index (χ0v) is 14.3. The maximum Gasteiger partial charge on any atom is 0.168 e. The molecule has 1 aliphatic carbocycles. The molecule has 0 spiro atoms. The highest BCUT2D eigenvalue weighted by Gasteiger charge is 2.33. The Morgan fingerprint density at radius 3 is 2.31 bits per heavy atom. The highest BCUT2D eigenvalue weighted by Crippen LogP contribution is 2.21. The maximum atomic E-state index is 12.1. The third-order valence-corrected chi connectivity index (χ3v) is 4.23. The molecule has 0 aromatic heterocycles. The van der Waals surface area contributed by atoms with E-state index in [0.29, 0.717) is 12.0 Å². The lowest BCUT2D eigenvalue weighted by Crippen LogP contribution is -2.48. The van der Waals surface area contributed by atoms with Gasteiger partial charge in [0.05, 0.1) is 6.61 Å². The van der Waals surface area contributed by atoms with Crippen LogP contribution in [0.15, 0.2) is 59.7 Å². The van der Waals surface area contributed by atoms with Crippen LogP contribution in [0.25, 0.3) is 6.08 Å². The quantitative estimate of drug-likeness (QED) is 0.457. The fourth-order valence-corrected chi connectivity index (χ4v) is 2.62. The maximum absolute atomic E-state index is 12.1. The van der Waals surface area contributed by atoms with Crippen molar-refractivity contribution in [3.05, 3.63) is 65.3 Å². The van der Waals surface area contributed by atoms with E-state index in [0.717, 1.165) is 11.1 Å². The fraction of sp³-hybridized carbons (Fsp3) is 0.350. The van der Waals surface area contributed by atoms with Gasteiger partial charge in [0.25, 0.3) is 0 Å². The summed E-state index contributed by atoms with van der Waals surface area (Å²) in [6, 6.07) is 9.83. The van der Waals surface area contributed by atoms with Crippen LogP contribution >= 0.6 is 0 Å². The van der Waals surface area contributed by atoms with Crippen molar-refractivity contribution in [3.8, 4) is 0 Å². The van der Waals surface area contributed by atoms with E-state index in [1.54, 1.807) is 6.08 Å². The Morgan fingerprint density at radius 1 is 1.04 bits per heavy atom. The van der Waals surface area contributed by atoms with Crippen LogP contribution in [0.1, 0.15) is 18.4 Å². The molecule has 1 aliphatic rings. The number of hydrogen-bond acceptors (Lipinski definition) is 6. The predicted molar refractivity (Wildman–Crippen MR) is 97.0 cm³/mol. The van der Waals surface area contributed by atoms with E-state index in [1.165, 1.54) is 0 Å². The lowest BCUT2D eigenvalue weighted by molar-refractivity contribution is -0.146. The van der Waals surface area contributed by atoms with Crippen molar-refractivity contribution in [3.63, 3.8) is 0 Å². The number of benzene rings is 1. The van der Waals surface area contributed by atoms with E-state index >= 15 is 0 Å². The number of rotatable bonds is 8. The van der Waals surface area contributed by atoms with Gasteiger partial charge in [0.1, 0.15) is 24.4 Å². The summed E-state index contributed by atoms with van der Waals surface area (Å²) in [5.74, 6) is -0.673. The molecule has 1 aromatic carbocycles. The van der Waals surface area contributed by atoms with Gasteiger partial charge in [0.15, 0.2) is 5.78 Å². The minimum Gasteiger partial charge on any atom is -0.394 e. The molecule has 6 nitrogen and oxygen atoms in total. The van der Waals surface area contributed by atoms with Crippen LogP contribution in [0.5, 0.6) is 0 Å². The summed E-state index contributed by atoms with van der Waals surface area (Å²) >= 11 is 0. The van der Waals surface area contributed by atoms with Crippen molar-refractivity contribution < 1.29 is 30.3 Å². The third kappa shape index (κ3) is 5.45. The molecular weight excluding hydrogens is 336 g/mol. The molecule has 0 unspecified atom stereocenters. The largest absolute Gasteiger partial charge is 0.394 e. The van der Waals surface area contributed by atoms with Gasteiger partial charge >= 0.3 is 0 Å². The lowest BCUT2D eigenvalue weighted by atomic mass is 9.93. The van der Waals surface area contributed by atoms with E-state index < -0.39 is 36.8 Å². The molecule has 26 heavy (non-hydrogen) atoms. The van der Waals surface area contributed by atoms with Crippen LogP contribution in [-0.2, 0) is 4.79 Å². The van der Waals surface area contributed by atoms with Crippen LogP contribution in [0, 0.1) is 0 Å². The first-order chi connectivity index (χ1) is 12.4. The number of carbonyl (C=O) groups is 1. The molecule has 5 N–H and O–H groups in total. The van der Waals surface area contributed by atoms with Gasteiger partial charge in [-0.15, -0.1) is 0 Å². The van der Waals surface area contributed by atoms with Crippen molar-refractivity contribution in [1.29, 1.82) is 0 Å². The molecule has 1 aromatic rings. The molecular formula is C20H24O6. The average Bonchev–Trinajstić information content (AvgIpc) is 2.67. The summed E-state index contributed by atoms with van der Waals surface area (Å²) in [6.45, 7) is -0.788. The Kier molecular flexibility index (Phi) is 7.44. The van der Waals surface area contributed by atoms with Crippen molar-refractivity contribution in [2.75, 3.05) is 6.61 Å². The monoisotopic (exact) mass is 360 g/mol. The third-order valence-electron chi connectivity index (χ3n) is 4.23. The first-order valence-electron chi connectivity index (χ1n) is 8.41. The van der Waals surface area contributed by atoms with E-state index in [-0.39, 0.29) is 6.42 Å². The van der Waals surface area contributed by atoms with Crippen LogP contribution in [0.3, 0.4) is 0 Å². The molecule has 0 fully saturated rings. The van der Waals surface area contributed by atoms with Crippen molar-refractivity contribution >= 4 is 11.9 Å². The fourth-order valence-electron chi connectivity index (χ4n) is 2.62. The Hall–Kier alpha value is -2.09. The normalized spacial score (nSPS) is 20.3. The summed E-state index contributed by atoms with van der Waals surface area (Å²) in [6.07, 6.45) is 0.946. The molecule has 0 heterocycles. The number of aliphatic hydroxyl groups excluding tert-OH is 5. The molecule has 0 amide bonds. The second-order valence-corrected chi connectivity index (χ2v) is 6.27. The van der Waals surface area contributed by atoms with Crippen LogP contribution in [0.4, 0.5) is 0 Å². The van der Waals surface area contributed by atoms with Gasteiger partial charge in [0, 0.05) is 6.42 Å². The zero-order chi connectivity index (χ0) is 19.1.